The number of hydrogen-bond donors (Lipinski definition) is 2. The number of rotatable bonds is 3. The first-order chi connectivity index (χ1) is 7.29. The fourth-order valence-corrected chi connectivity index (χ4v) is 1.22. The molecule has 6 heteroatoms. The van der Waals surface area contributed by atoms with Crippen molar-refractivity contribution in [3.05, 3.63) is 27.4 Å². The summed E-state index contributed by atoms with van der Waals surface area (Å²) in [4.78, 5) is 28.8. The van der Waals surface area contributed by atoms with E-state index in [0.29, 0.717) is 5.82 Å². The highest BCUT2D eigenvalue weighted by molar-refractivity contribution is 5.88. The topological polar surface area (TPSA) is 92.3 Å². The summed E-state index contributed by atoms with van der Waals surface area (Å²) in [5.74, 6) is -0.976. The summed E-state index contributed by atoms with van der Waals surface area (Å²) < 4.78 is 5.15. The molecule has 0 radical (unpaired) electrons. The van der Waals surface area contributed by atoms with Gasteiger partial charge in [-0.15, -0.1) is 0 Å². The molecule has 0 unspecified atom stereocenters. The van der Waals surface area contributed by atoms with Crippen LogP contribution in [-0.2, 0) is 10.3 Å². The highest BCUT2D eigenvalue weighted by Crippen LogP contribution is 2.19. The predicted molar refractivity (Wildman–Crippen MR) is 56.6 cm³/mol. The van der Waals surface area contributed by atoms with Crippen molar-refractivity contribution >= 4 is 5.97 Å². The summed E-state index contributed by atoms with van der Waals surface area (Å²) in [6, 6.07) is 0. The Kier molecular flexibility index (Phi) is 3.14. The lowest BCUT2D eigenvalue weighted by atomic mass is 10.1. The first kappa shape index (κ1) is 12.4. The minimum absolute atomic E-state index is 0.177. The third-order valence-corrected chi connectivity index (χ3v) is 2.39. The van der Waals surface area contributed by atoms with Crippen LogP contribution < -0.4 is 5.56 Å². The second kappa shape index (κ2) is 4.05. The Labute approximate surface area is 92.3 Å². The van der Waals surface area contributed by atoms with Gasteiger partial charge in [0.2, 0.25) is 0 Å². The molecule has 0 amide bonds. The normalized spacial score (nSPS) is 11.5. The van der Waals surface area contributed by atoms with Crippen molar-refractivity contribution in [2.75, 3.05) is 7.11 Å². The van der Waals surface area contributed by atoms with Crippen molar-refractivity contribution in [2.45, 2.75) is 26.4 Å². The Hall–Kier alpha value is -1.69. The molecule has 88 valence electrons. The van der Waals surface area contributed by atoms with Crippen LogP contribution in [0.5, 0.6) is 0 Å². The van der Waals surface area contributed by atoms with Crippen LogP contribution >= 0.6 is 0 Å². The molecule has 1 heterocycles. The lowest BCUT2D eigenvalue weighted by molar-refractivity contribution is 0.0110. The van der Waals surface area contributed by atoms with E-state index in [-0.39, 0.29) is 11.3 Å². The Morgan fingerprint density at radius 3 is 2.44 bits per heavy atom. The van der Waals surface area contributed by atoms with Gasteiger partial charge in [0.15, 0.2) is 0 Å². The number of carboxylic acids is 1. The monoisotopic (exact) mass is 226 g/mol. The van der Waals surface area contributed by atoms with Crippen LogP contribution in [0.4, 0.5) is 0 Å². The van der Waals surface area contributed by atoms with Gasteiger partial charge in [-0.1, -0.05) is 0 Å². The second-order valence-corrected chi connectivity index (χ2v) is 3.89. The number of aromatic carboxylic acids is 1. The van der Waals surface area contributed by atoms with Gasteiger partial charge in [0.25, 0.3) is 5.56 Å². The molecule has 0 saturated carbocycles. The number of methoxy groups -OCH3 is 1. The quantitative estimate of drug-likeness (QED) is 0.789. The van der Waals surface area contributed by atoms with Crippen LogP contribution in [0.2, 0.25) is 0 Å². The van der Waals surface area contributed by atoms with Crippen molar-refractivity contribution in [3.8, 4) is 0 Å². The minimum Gasteiger partial charge on any atom is -0.477 e. The second-order valence-electron chi connectivity index (χ2n) is 3.89. The SMILES string of the molecule is COC(C)(C)c1nc(C)c(C(=O)O)c(=O)[nH]1. The molecule has 0 aliphatic heterocycles. The maximum absolute atomic E-state index is 11.5. The van der Waals surface area contributed by atoms with Crippen LogP contribution in [0.3, 0.4) is 0 Å². The molecule has 0 aromatic carbocycles. The number of aryl methyl sites for hydroxylation is 1. The van der Waals surface area contributed by atoms with E-state index < -0.39 is 17.1 Å². The smallest absolute Gasteiger partial charge is 0.343 e. The first-order valence-electron chi connectivity index (χ1n) is 4.69. The number of carbonyl (C=O) groups is 1. The van der Waals surface area contributed by atoms with Crippen molar-refractivity contribution in [3.63, 3.8) is 0 Å². The number of nitrogens with one attached hydrogen (secondary N) is 1. The van der Waals surface area contributed by atoms with Crippen molar-refractivity contribution in [1.82, 2.24) is 9.97 Å². The minimum atomic E-state index is -1.28. The van der Waals surface area contributed by atoms with Crippen LogP contribution in [0.25, 0.3) is 0 Å². The zero-order valence-electron chi connectivity index (χ0n) is 9.62. The summed E-state index contributed by atoms with van der Waals surface area (Å²) >= 11 is 0. The third-order valence-electron chi connectivity index (χ3n) is 2.39. The third kappa shape index (κ3) is 2.11. The molecule has 0 aliphatic carbocycles. The Morgan fingerprint density at radius 1 is 1.50 bits per heavy atom. The van der Waals surface area contributed by atoms with E-state index in [0.717, 1.165) is 0 Å². The lowest BCUT2D eigenvalue weighted by Crippen LogP contribution is -2.30. The number of nitrogens with zero attached hydrogens (tertiary/aromatic N) is 1. The van der Waals surface area contributed by atoms with Crippen LogP contribution in [0, 0.1) is 6.92 Å². The first-order valence-corrected chi connectivity index (χ1v) is 4.69. The van der Waals surface area contributed by atoms with Crippen LogP contribution in [-0.4, -0.2) is 28.2 Å². The van der Waals surface area contributed by atoms with Gasteiger partial charge < -0.3 is 14.8 Å². The van der Waals surface area contributed by atoms with E-state index in [1.54, 1.807) is 13.8 Å². The zero-order valence-corrected chi connectivity index (χ0v) is 9.62. The molecule has 6 nitrogen and oxygen atoms in total. The zero-order chi connectivity index (χ0) is 12.5. The van der Waals surface area contributed by atoms with Gasteiger partial charge in [-0.2, -0.15) is 0 Å². The van der Waals surface area contributed by atoms with E-state index in [1.807, 2.05) is 0 Å². The summed E-state index contributed by atoms with van der Waals surface area (Å²) in [5, 5.41) is 8.81. The average Bonchev–Trinajstić information content (AvgIpc) is 2.15. The fraction of sp³-hybridized carbons (Fsp3) is 0.500. The van der Waals surface area contributed by atoms with Gasteiger partial charge in [-0.25, -0.2) is 9.78 Å². The summed E-state index contributed by atoms with van der Waals surface area (Å²) in [7, 11) is 1.49. The molecule has 0 fully saturated rings. The van der Waals surface area contributed by atoms with Gasteiger partial charge in [0.05, 0.1) is 5.69 Å². The van der Waals surface area contributed by atoms with Gasteiger partial charge >= 0.3 is 5.97 Å². The number of hydrogen-bond acceptors (Lipinski definition) is 4. The predicted octanol–water partition coefficient (Wildman–Crippen LogP) is 0.658. The Balaban J connectivity index is 3.42. The molecule has 1 aromatic heterocycles. The number of H-pyrrole nitrogens is 1. The molecule has 0 spiro atoms. The molecule has 1 aromatic rings. The van der Waals surface area contributed by atoms with Gasteiger partial charge in [0.1, 0.15) is 17.0 Å². The number of carboxylic acid groups (broad SMARTS) is 1. The van der Waals surface area contributed by atoms with E-state index in [9.17, 15) is 9.59 Å². The maximum Gasteiger partial charge on any atom is 0.343 e. The highest BCUT2D eigenvalue weighted by Gasteiger charge is 2.25. The van der Waals surface area contributed by atoms with E-state index >= 15 is 0 Å². The van der Waals surface area contributed by atoms with Gasteiger partial charge in [-0.3, -0.25) is 4.79 Å². The van der Waals surface area contributed by atoms with Gasteiger partial charge in [0, 0.05) is 7.11 Å². The molecule has 0 aliphatic rings. The maximum atomic E-state index is 11.5. The van der Waals surface area contributed by atoms with Crippen molar-refractivity contribution in [1.29, 1.82) is 0 Å². The highest BCUT2D eigenvalue weighted by atomic mass is 16.5. The molecule has 0 atom stereocenters. The molecule has 1 rings (SSSR count). The van der Waals surface area contributed by atoms with E-state index in [4.69, 9.17) is 9.84 Å². The number of aromatic amines is 1. The molecule has 2 N–H and O–H groups in total. The number of aromatic nitrogens is 2. The largest absolute Gasteiger partial charge is 0.477 e. The molecule has 0 saturated heterocycles. The number of ether oxygens (including phenoxy) is 1. The molecular weight excluding hydrogens is 212 g/mol. The average molecular weight is 226 g/mol. The molecule has 0 bridgehead atoms. The van der Waals surface area contributed by atoms with E-state index in [1.165, 1.54) is 14.0 Å². The fourth-order valence-electron chi connectivity index (χ4n) is 1.22. The summed E-state index contributed by atoms with van der Waals surface area (Å²) in [5.41, 5.74) is -1.59. The van der Waals surface area contributed by atoms with E-state index in [2.05, 4.69) is 9.97 Å². The summed E-state index contributed by atoms with van der Waals surface area (Å²) in [6.07, 6.45) is 0. The Morgan fingerprint density at radius 2 is 2.06 bits per heavy atom. The Bertz CT molecular complexity index is 476. The molecular formula is C10H14N2O4. The van der Waals surface area contributed by atoms with Crippen LogP contribution in [0.1, 0.15) is 35.7 Å². The van der Waals surface area contributed by atoms with Crippen molar-refractivity contribution in [2.24, 2.45) is 0 Å². The lowest BCUT2D eigenvalue weighted by Gasteiger charge is -2.21. The standard InChI is InChI=1S/C10H14N2O4/c1-5-6(8(14)15)7(13)12-9(11-5)10(2,3)16-4/h1-4H3,(H,14,15)(H,11,12,13). The van der Waals surface area contributed by atoms with Crippen molar-refractivity contribution < 1.29 is 14.6 Å². The van der Waals surface area contributed by atoms with Gasteiger partial charge in [-0.05, 0) is 20.8 Å². The summed E-state index contributed by atoms with van der Waals surface area (Å²) in [6.45, 7) is 4.93. The molecule has 16 heavy (non-hydrogen) atoms. The van der Waals surface area contributed by atoms with Crippen LogP contribution in [0.15, 0.2) is 4.79 Å².